The number of nitrogens with two attached hydrogens (primary N) is 1. The van der Waals surface area contributed by atoms with Gasteiger partial charge in [-0.15, -0.1) is 0 Å². The number of hydrazone groups is 1. The van der Waals surface area contributed by atoms with Gasteiger partial charge in [0.1, 0.15) is 0 Å². The van der Waals surface area contributed by atoms with E-state index in [0.717, 1.165) is 5.69 Å². The number of H-pyrrole nitrogens is 1. The Morgan fingerprint density at radius 2 is 2.38 bits per heavy atom. The molecule has 0 saturated heterocycles. The van der Waals surface area contributed by atoms with Crippen LogP contribution in [0, 0.1) is 0 Å². The molecule has 0 unspecified atom stereocenters. The summed E-state index contributed by atoms with van der Waals surface area (Å²) in [5, 5.41) is 3.59. The molecule has 0 spiro atoms. The third kappa shape index (κ3) is 1.31. The molecular formula is C8H8N4O. The van der Waals surface area contributed by atoms with Gasteiger partial charge in [0.25, 0.3) is 5.91 Å². The Kier molecular flexibility index (Phi) is 1.63. The highest BCUT2D eigenvalue weighted by molar-refractivity contribution is 6.26. The summed E-state index contributed by atoms with van der Waals surface area (Å²) < 4.78 is 0. The van der Waals surface area contributed by atoms with Crippen LogP contribution in [0.2, 0.25) is 0 Å². The van der Waals surface area contributed by atoms with Gasteiger partial charge >= 0.3 is 0 Å². The molecule has 1 amide bonds. The van der Waals surface area contributed by atoms with Crippen LogP contribution in [0.1, 0.15) is 5.69 Å². The highest BCUT2D eigenvalue weighted by Crippen LogP contribution is 2.07. The molecule has 0 atom stereocenters. The van der Waals surface area contributed by atoms with Crippen molar-refractivity contribution in [3.8, 4) is 0 Å². The van der Waals surface area contributed by atoms with E-state index in [0.29, 0.717) is 5.57 Å². The molecule has 1 aliphatic heterocycles. The van der Waals surface area contributed by atoms with Crippen LogP contribution in [0.3, 0.4) is 0 Å². The fourth-order valence-corrected chi connectivity index (χ4v) is 1.08. The number of hydrogen-bond donors (Lipinski definition) is 3. The Morgan fingerprint density at radius 1 is 1.54 bits per heavy atom. The van der Waals surface area contributed by atoms with Crippen molar-refractivity contribution in [2.24, 2.45) is 10.8 Å². The van der Waals surface area contributed by atoms with Gasteiger partial charge in [-0.25, -0.2) is 5.43 Å². The second kappa shape index (κ2) is 2.78. The number of carbonyl (C=O) groups excluding carboxylic acids is 1. The summed E-state index contributed by atoms with van der Waals surface area (Å²) in [5.41, 5.74) is 8.96. The molecule has 1 aliphatic rings. The molecule has 2 rings (SSSR count). The van der Waals surface area contributed by atoms with E-state index in [9.17, 15) is 4.79 Å². The normalized spacial score (nSPS) is 18.9. The summed E-state index contributed by atoms with van der Waals surface area (Å²) in [4.78, 5) is 14.1. The van der Waals surface area contributed by atoms with E-state index >= 15 is 0 Å². The fraction of sp³-hybridized carbons (Fsp3) is 0. The Balaban J connectivity index is 2.35. The number of carbonyl (C=O) groups is 1. The minimum absolute atomic E-state index is 0.222. The van der Waals surface area contributed by atoms with Crippen LogP contribution in [0.5, 0.6) is 0 Å². The maximum Gasteiger partial charge on any atom is 0.275 e. The van der Waals surface area contributed by atoms with E-state index < -0.39 is 0 Å². The van der Waals surface area contributed by atoms with Crippen LogP contribution in [-0.4, -0.2) is 16.7 Å². The number of nitrogens with zero attached hydrogens (tertiary/aromatic N) is 1. The van der Waals surface area contributed by atoms with Crippen molar-refractivity contribution in [3.05, 3.63) is 29.6 Å². The predicted octanol–water partition coefficient (Wildman–Crippen LogP) is -0.200. The summed E-state index contributed by atoms with van der Waals surface area (Å²) in [5.74, 6) is -0.0494. The minimum atomic E-state index is -0.271. The average molecular weight is 176 g/mol. The Morgan fingerprint density at radius 3 is 2.92 bits per heavy atom. The first-order chi connectivity index (χ1) is 6.27. The van der Waals surface area contributed by atoms with Crippen LogP contribution >= 0.6 is 0 Å². The van der Waals surface area contributed by atoms with Crippen LogP contribution in [-0.2, 0) is 4.79 Å². The molecule has 0 bridgehead atoms. The van der Waals surface area contributed by atoms with E-state index in [1.165, 1.54) is 0 Å². The molecular weight excluding hydrogens is 168 g/mol. The maximum atomic E-state index is 11.1. The molecule has 0 saturated carbocycles. The molecule has 0 aromatic carbocycles. The zero-order chi connectivity index (χ0) is 9.26. The Hall–Kier alpha value is -2.04. The molecule has 4 N–H and O–H groups in total. The number of nitrogens with one attached hydrogen (secondary N) is 2. The first kappa shape index (κ1) is 7.60. The number of aromatic nitrogens is 1. The lowest BCUT2D eigenvalue weighted by atomic mass is 10.2. The number of hydrogen-bond acceptors (Lipinski definition) is 3. The van der Waals surface area contributed by atoms with Crippen LogP contribution < -0.4 is 11.2 Å². The third-order valence-electron chi connectivity index (χ3n) is 1.72. The maximum absolute atomic E-state index is 11.1. The summed E-state index contributed by atoms with van der Waals surface area (Å²) in [6.45, 7) is 0. The molecule has 2 heterocycles. The molecule has 1 aromatic rings. The number of amides is 1. The number of aromatic amines is 1. The average Bonchev–Trinajstić information content (AvgIpc) is 2.70. The summed E-state index contributed by atoms with van der Waals surface area (Å²) in [6.07, 6.45) is 3.42. The van der Waals surface area contributed by atoms with E-state index in [-0.39, 0.29) is 11.7 Å². The SMILES string of the molecule is NC1=NNC(=O)/C1=C/c1ccc[nH]1. The van der Waals surface area contributed by atoms with Crippen LogP contribution in [0.25, 0.3) is 6.08 Å². The summed E-state index contributed by atoms with van der Waals surface area (Å²) in [6, 6.07) is 3.68. The van der Waals surface area contributed by atoms with Gasteiger partial charge in [-0.1, -0.05) is 0 Å². The molecule has 0 fully saturated rings. The molecule has 1 aromatic heterocycles. The van der Waals surface area contributed by atoms with Crippen molar-refractivity contribution in [2.75, 3.05) is 0 Å². The van der Waals surface area contributed by atoms with Crippen molar-refractivity contribution in [1.82, 2.24) is 10.4 Å². The molecule has 5 nitrogen and oxygen atoms in total. The highest BCUT2D eigenvalue weighted by atomic mass is 16.2. The van der Waals surface area contributed by atoms with Crippen molar-refractivity contribution in [3.63, 3.8) is 0 Å². The lowest BCUT2D eigenvalue weighted by Gasteiger charge is -1.92. The van der Waals surface area contributed by atoms with Gasteiger partial charge in [0.2, 0.25) is 0 Å². The Bertz CT molecular complexity index is 388. The highest BCUT2D eigenvalue weighted by Gasteiger charge is 2.19. The van der Waals surface area contributed by atoms with Gasteiger partial charge in [0.05, 0.1) is 5.57 Å². The lowest BCUT2D eigenvalue weighted by molar-refractivity contribution is -0.116. The van der Waals surface area contributed by atoms with Gasteiger partial charge in [0.15, 0.2) is 5.84 Å². The molecule has 0 radical (unpaired) electrons. The Labute approximate surface area is 74.3 Å². The molecule has 0 aliphatic carbocycles. The monoisotopic (exact) mass is 176 g/mol. The quantitative estimate of drug-likeness (QED) is 0.518. The zero-order valence-electron chi connectivity index (χ0n) is 6.74. The van der Waals surface area contributed by atoms with Gasteiger partial charge in [-0.2, -0.15) is 5.10 Å². The van der Waals surface area contributed by atoms with E-state index in [1.54, 1.807) is 12.3 Å². The molecule has 5 heteroatoms. The van der Waals surface area contributed by atoms with E-state index in [2.05, 4.69) is 15.5 Å². The lowest BCUT2D eigenvalue weighted by Crippen LogP contribution is -2.16. The van der Waals surface area contributed by atoms with Crippen LogP contribution in [0.15, 0.2) is 29.0 Å². The third-order valence-corrected chi connectivity index (χ3v) is 1.72. The smallest absolute Gasteiger partial charge is 0.275 e. The topological polar surface area (TPSA) is 83.3 Å². The number of rotatable bonds is 1. The van der Waals surface area contributed by atoms with Gasteiger partial charge in [-0.3, -0.25) is 4.79 Å². The van der Waals surface area contributed by atoms with Crippen molar-refractivity contribution >= 4 is 17.8 Å². The number of amidine groups is 1. The van der Waals surface area contributed by atoms with Gasteiger partial charge < -0.3 is 10.7 Å². The zero-order valence-corrected chi connectivity index (χ0v) is 6.74. The fourth-order valence-electron chi connectivity index (χ4n) is 1.08. The second-order valence-electron chi connectivity index (χ2n) is 2.62. The first-order valence-electron chi connectivity index (χ1n) is 3.76. The molecule has 13 heavy (non-hydrogen) atoms. The summed E-state index contributed by atoms with van der Waals surface area (Å²) >= 11 is 0. The standard InChI is InChI=1S/C8H8N4O/c9-7-6(8(13)12-11-7)4-5-2-1-3-10-5/h1-4,10H,(H2,9,11)(H,12,13)/b6-4+. The minimum Gasteiger partial charge on any atom is -0.382 e. The van der Waals surface area contributed by atoms with E-state index in [1.807, 2.05) is 12.1 Å². The first-order valence-corrected chi connectivity index (χ1v) is 3.76. The van der Waals surface area contributed by atoms with Crippen molar-refractivity contribution in [2.45, 2.75) is 0 Å². The molecule has 66 valence electrons. The second-order valence-corrected chi connectivity index (χ2v) is 2.62. The largest absolute Gasteiger partial charge is 0.382 e. The van der Waals surface area contributed by atoms with Gasteiger partial charge in [-0.05, 0) is 18.2 Å². The van der Waals surface area contributed by atoms with Crippen LogP contribution in [0.4, 0.5) is 0 Å². The van der Waals surface area contributed by atoms with Crippen molar-refractivity contribution < 1.29 is 4.79 Å². The van der Waals surface area contributed by atoms with E-state index in [4.69, 9.17) is 5.73 Å². The van der Waals surface area contributed by atoms with Crippen molar-refractivity contribution in [1.29, 1.82) is 0 Å². The summed E-state index contributed by atoms with van der Waals surface area (Å²) in [7, 11) is 0. The van der Waals surface area contributed by atoms with Gasteiger partial charge in [0, 0.05) is 11.9 Å². The predicted molar refractivity (Wildman–Crippen MR) is 48.5 cm³/mol.